The third kappa shape index (κ3) is 6.20. The number of carbonyl (C=O) groups is 2. The second kappa shape index (κ2) is 11.2. The van der Waals surface area contributed by atoms with Crippen LogP contribution in [0.4, 0.5) is 4.79 Å². The highest BCUT2D eigenvalue weighted by molar-refractivity contribution is 5.82. The fraction of sp³-hybridized carbons (Fsp3) is 0.235. The molecule has 1 aliphatic carbocycles. The number of esters is 1. The van der Waals surface area contributed by atoms with Crippen molar-refractivity contribution in [3.8, 4) is 22.3 Å². The molecular formula is C34H33NO4. The SMILES string of the molecule is CC(C)(C)OC(=O)C(Cc1ccc(-c2ccccc2)cc1)NC(=O)OCC1c2ccccc2-c2ccccc21. The number of fused-ring (bicyclic) bond motifs is 3. The fourth-order valence-corrected chi connectivity index (χ4v) is 5.05. The molecule has 0 fully saturated rings. The third-order valence-electron chi connectivity index (χ3n) is 6.83. The van der Waals surface area contributed by atoms with Gasteiger partial charge in [-0.3, -0.25) is 0 Å². The standard InChI is InChI=1S/C34H33NO4/c1-34(2,3)39-32(36)31(21-23-17-19-25(20-18-23)24-11-5-4-6-12-24)35-33(37)38-22-30-28-15-9-7-13-26(28)27-14-8-10-16-29(27)30/h4-20,30-31H,21-22H2,1-3H3,(H,35,37). The van der Waals surface area contributed by atoms with Crippen LogP contribution in [0.2, 0.25) is 0 Å². The summed E-state index contributed by atoms with van der Waals surface area (Å²) in [5.41, 5.74) is 7.00. The molecule has 1 aliphatic rings. The molecule has 0 saturated heterocycles. The summed E-state index contributed by atoms with van der Waals surface area (Å²) in [4.78, 5) is 26.1. The molecule has 39 heavy (non-hydrogen) atoms. The van der Waals surface area contributed by atoms with E-state index in [0.717, 1.165) is 38.9 Å². The number of hydrogen-bond donors (Lipinski definition) is 1. The van der Waals surface area contributed by atoms with Crippen molar-refractivity contribution in [1.82, 2.24) is 5.32 Å². The van der Waals surface area contributed by atoms with Crippen molar-refractivity contribution >= 4 is 12.1 Å². The zero-order valence-electron chi connectivity index (χ0n) is 22.5. The molecular weight excluding hydrogens is 486 g/mol. The van der Waals surface area contributed by atoms with Crippen LogP contribution >= 0.6 is 0 Å². The Morgan fingerprint density at radius 1 is 0.744 bits per heavy atom. The number of carbonyl (C=O) groups excluding carboxylic acids is 2. The number of ether oxygens (including phenoxy) is 2. The molecule has 4 aromatic carbocycles. The first kappa shape index (κ1) is 26.2. The first-order valence-corrected chi connectivity index (χ1v) is 13.3. The molecule has 0 heterocycles. The summed E-state index contributed by atoms with van der Waals surface area (Å²) in [5, 5.41) is 2.77. The Kier molecular flexibility index (Phi) is 7.51. The molecule has 1 amide bonds. The Morgan fingerprint density at radius 2 is 1.28 bits per heavy atom. The maximum Gasteiger partial charge on any atom is 0.407 e. The van der Waals surface area contributed by atoms with Crippen molar-refractivity contribution in [2.75, 3.05) is 6.61 Å². The van der Waals surface area contributed by atoms with Crippen molar-refractivity contribution in [3.05, 3.63) is 120 Å². The molecule has 5 nitrogen and oxygen atoms in total. The van der Waals surface area contributed by atoms with Gasteiger partial charge in [0.2, 0.25) is 0 Å². The summed E-state index contributed by atoms with van der Waals surface area (Å²) in [6, 6.07) is 33.5. The zero-order chi connectivity index (χ0) is 27.4. The van der Waals surface area contributed by atoms with Crippen LogP contribution in [0.3, 0.4) is 0 Å². The lowest BCUT2D eigenvalue weighted by Gasteiger charge is -2.25. The molecule has 1 unspecified atom stereocenters. The van der Waals surface area contributed by atoms with Crippen molar-refractivity contribution in [1.29, 1.82) is 0 Å². The van der Waals surface area contributed by atoms with Gasteiger partial charge in [0.05, 0.1) is 0 Å². The number of nitrogens with one attached hydrogen (secondary N) is 1. The quantitative estimate of drug-likeness (QED) is 0.264. The predicted octanol–water partition coefficient (Wildman–Crippen LogP) is 7.15. The number of rotatable bonds is 7. The highest BCUT2D eigenvalue weighted by Crippen LogP contribution is 2.44. The van der Waals surface area contributed by atoms with Gasteiger partial charge < -0.3 is 14.8 Å². The maximum absolute atomic E-state index is 13.1. The van der Waals surface area contributed by atoms with Crippen LogP contribution in [0.15, 0.2) is 103 Å². The molecule has 1 N–H and O–H groups in total. The first-order valence-electron chi connectivity index (χ1n) is 13.3. The summed E-state index contributed by atoms with van der Waals surface area (Å²) >= 11 is 0. The molecule has 0 bridgehead atoms. The van der Waals surface area contributed by atoms with E-state index < -0.39 is 23.7 Å². The van der Waals surface area contributed by atoms with Gasteiger partial charge >= 0.3 is 12.1 Å². The monoisotopic (exact) mass is 519 g/mol. The van der Waals surface area contributed by atoms with Gasteiger partial charge in [-0.25, -0.2) is 9.59 Å². The van der Waals surface area contributed by atoms with E-state index in [2.05, 4.69) is 41.7 Å². The van der Waals surface area contributed by atoms with Crippen LogP contribution in [-0.4, -0.2) is 30.3 Å². The van der Waals surface area contributed by atoms with Crippen molar-refractivity contribution < 1.29 is 19.1 Å². The highest BCUT2D eigenvalue weighted by atomic mass is 16.6. The average Bonchev–Trinajstić information content (AvgIpc) is 3.25. The van der Waals surface area contributed by atoms with Gasteiger partial charge in [-0.05, 0) is 59.7 Å². The number of benzene rings is 4. The Labute approximate surface area is 229 Å². The number of alkyl carbamates (subject to hydrolysis) is 1. The van der Waals surface area contributed by atoms with Crippen LogP contribution in [0.25, 0.3) is 22.3 Å². The van der Waals surface area contributed by atoms with E-state index in [1.165, 1.54) is 0 Å². The summed E-state index contributed by atoms with van der Waals surface area (Å²) in [5.74, 6) is -0.559. The summed E-state index contributed by atoms with van der Waals surface area (Å²) in [6.45, 7) is 5.60. The molecule has 1 atom stereocenters. The van der Waals surface area contributed by atoms with Gasteiger partial charge in [-0.2, -0.15) is 0 Å². The van der Waals surface area contributed by atoms with Crippen LogP contribution in [0, 0.1) is 0 Å². The normalized spacial score (nSPS) is 13.2. The second-order valence-electron chi connectivity index (χ2n) is 10.8. The minimum Gasteiger partial charge on any atom is -0.458 e. The van der Waals surface area contributed by atoms with Crippen molar-refractivity contribution in [2.45, 2.75) is 44.8 Å². The fourth-order valence-electron chi connectivity index (χ4n) is 5.05. The van der Waals surface area contributed by atoms with Crippen LogP contribution in [0.5, 0.6) is 0 Å². The van der Waals surface area contributed by atoms with Gasteiger partial charge in [0.1, 0.15) is 18.2 Å². The Hall–Kier alpha value is -4.38. The molecule has 0 spiro atoms. The van der Waals surface area contributed by atoms with Gasteiger partial charge in [-0.15, -0.1) is 0 Å². The average molecular weight is 520 g/mol. The van der Waals surface area contributed by atoms with Gasteiger partial charge in [0.25, 0.3) is 0 Å². The topological polar surface area (TPSA) is 64.6 Å². The summed E-state index contributed by atoms with van der Waals surface area (Å²) in [7, 11) is 0. The largest absolute Gasteiger partial charge is 0.458 e. The van der Waals surface area contributed by atoms with Gasteiger partial charge in [-0.1, -0.05) is 103 Å². The minimum absolute atomic E-state index is 0.0614. The van der Waals surface area contributed by atoms with E-state index in [1.807, 2.05) is 87.5 Å². The predicted molar refractivity (Wildman–Crippen MR) is 153 cm³/mol. The van der Waals surface area contributed by atoms with Crippen LogP contribution in [-0.2, 0) is 20.7 Å². The Morgan fingerprint density at radius 3 is 1.87 bits per heavy atom. The van der Waals surface area contributed by atoms with Gasteiger partial charge in [0.15, 0.2) is 0 Å². The first-order chi connectivity index (χ1) is 18.8. The van der Waals surface area contributed by atoms with Crippen molar-refractivity contribution in [3.63, 3.8) is 0 Å². The Balaban J connectivity index is 1.28. The van der Waals surface area contributed by atoms with E-state index >= 15 is 0 Å². The number of amides is 1. The minimum atomic E-state index is -0.887. The van der Waals surface area contributed by atoms with Gasteiger partial charge in [0, 0.05) is 12.3 Å². The highest BCUT2D eigenvalue weighted by Gasteiger charge is 2.31. The Bertz CT molecular complexity index is 1410. The molecule has 0 radical (unpaired) electrons. The molecule has 0 aromatic heterocycles. The lowest BCUT2D eigenvalue weighted by atomic mass is 9.98. The lowest BCUT2D eigenvalue weighted by molar-refractivity contribution is -0.157. The second-order valence-corrected chi connectivity index (χ2v) is 10.8. The van der Waals surface area contributed by atoms with E-state index in [1.54, 1.807) is 0 Å². The molecule has 198 valence electrons. The number of hydrogen-bond acceptors (Lipinski definition) is 4. The van der Waals surface area contributed by atoms with Crippen LogP contribution < -0.4 is 5.32 Å². The van der Waals surface area contributed by atoms with E-state index in [9.17, 15) is 9.59 Å². The summed E-state index contributed by atoms with van der Waals surface area (Å²) in [6.07, 6.45) is -0.359. The maximum atomic E-state index is 13.1. The third-order valence-corrected chi connectivity index (χ3v) is 6.83. The van der Waals surface area contributed by atoms with E-state index in [4.69, 9.17) is 9.47 Å². The molecule has 5 rings (SSSR count). The van der Waals surface area contributed by atoms with Crippen molar-refractivity contribution in [2.24, 2.45) is 0 Å². The molecule has 0 aliphatic heterocycles. The summed E-state index contributed by atoms with van der Waals surface area (Å²) < 4.78 is 11.3. The van der Waals surface area contributed by atoms with E-state index in [0.29, 0.717) is 0 Å². The van der Waals surface area contributed by atoms with Crippen LogP contribution in [0.1, 0.15) is 43.4 Å². The zero-order valence-corrected chi connectivity index (χ0v) is 22.5. The molecule has 4 aromatic rings. The smallest absolute Gasteiger partial charge is 0.407 e. The lowest BCUT2D eigenvalue weighted by Crippen LogP contribution is -2.46. The molecule has 0 saturated carbocycles. The molecule has 5 heteroatoms. The van der Waals surface area contributed by atoms with E-state index in [-0.39, 0.29) is 18.9 Å².